The van der Waals surface area contributed by atoms with Gasteiger partial charge >= 0.3 is 0 Å². The van der Waals surface area contributed by atoms with Crippen LogP contribution in [0.1, 0.15) is 11.1 Å². The highest BCUT2D eigenvalue weighted by molar-refractivity contribution is 6.76. The van der Waals surface area contributed by atoms with Crippen LogP contribution >= 0.6 is 0 Å². The summed E-state index contributed by atoms with van der Waals surface area (Å²) in [6, 6.07) is 10.9. The Labute approximate surface area is 106 Å². The Balaban J connectivity index is 2.67. The second-order valence-electron chi connectivity index (χ2n) is 5.85. The van der Waals surface area contributed by atoms with Crippen LogP contribution in [-0.2, 0) is 6.54 Å². The van der Waals surface area contributed by atoms with Crippen molar-refractivity contribution in [3.63, 3.8) is 0 Å². The van der Waals surface area contributed by atoms with Gasteiger partial charge in [-0.05, 0) is 18.7 Å². The molecular formula is C14H22N2Si. The number of nitriles is 1. The minimum absolute atomic E-state index is 0.526. The lowest BCUT2D eigenvalue weighted by molar-refractivity contribution is 0.342. The van der Waals surface area contributed by atoms with Crippen molar-refractivity contribution in [1.82, 2.24) is 4.90 Å². The number of nitrogens with zero attached hydrogens (tertiary/aromatic N) is 2. The molecular weight excluding hydrogens is 224 g/mol. The molecule has 0 aliphatic heterocycles. The fourth-order valence-corrected chi connectivity index (χ4v) is 3.46. The van der Waals surface area contributed by atoms with Crippen molar-refractivity contribution in [2.24, 2.45) is 0 Å². The van der Waals surface area contributed by atoms with E-state index in [0.717, 1.165) is 12.7 Å². The number of aryl methyl sites for hydroxylation is 1. The zero-order valence-corrected chi connectivity index (χ0v) is 12.3. The summed E-state index contributed by atoms with van der Waals surface area (Å²) < 4.78 is 0. The average Bonchev–Trinajstić information content (AvgIpc) is 2.19. The predicted octanol–water partition coefficient (Wildman–Crippen LogP) is 3.20. The van der Waals surface area contributed by atoms with E-state index in [1.54, 1.807) is 0 Å². The first kappa shape index (κ1) is 13.9. The standard InChI is InChI=1S/C14H22N2Si/c1-13-5-7-14(8-6-13)11-16(10-9-15)12-17(2,3)4/h5-8H,10-12H2,1-4H3. The highest BCUT2D eigenvalue weighted by atomic mass is 28.3. The summed E-state index contributed by atoms with van der Waals surface area (Å²) in [7, 11) is -1.15. The molecule has 1 aromatic rings. The van der Waals surface area contributed by atoms with Gasteiger partial charge in [0.15, 0.2) is 0 Å². The first-order chi connectivity index (χ1) is 7.90. The molecule has 0 fully saturated rings. The van der Waals surface area contributed by atoms with Gasteiger partial charge < -0.3 is 0 Å². The van der Waals surface area contributed by atoms with Crippen LogP contribution in [0.15, 0.2) is 24.3 Å². The van der Waals surface area contributed by atoms with Crippen molar-refractivity contribution >= 4 is 8.07 Å². The van der Waals surface area contributed by atoms with Crippen molar-refractivity contribution < 1.29 is 0 Å². The van der Waals surface area contributed by atoms with Crippen LogP contribution in [0.5, 0.6) is 0 Å². The third-order valence-electron chi connectivity index (χ3n) is 2.52. The molecule has 0 N–H and O–H groups in total. The molecule has 3 heteroatoms. The molecule has 0 aliphatic carbocycles. The molecule has 1 aromatic carbocycles. The lowest BCUT2D eigenvalue weighted by Gasteiger charge is -2.26. The largest absolute Gasteiger partial charge is 0.289 e. The van der Waals surface area contributed by atoms with Crippen LogP contribution in [0, 0.1) is 18.3 Å². The van der Waals surface area contributed by atoms with Crippen LogP contribution in [0.3, 0.4) is 0 Å². The van der Waals surface area contributed by atoms with Crippen molar-refractivity contribution in [3.05, 3.63) is 35.4 Å². The van der Waals surface area contributed by atoms with Gasteiger partial charge in [0.25, 0.3) is 0 Å². The van der Waals surface area contributed by atoms with Crippen LogP contribution in [0.2, 0.25) is 19.6 Å². The fourth-order valence-electron chi connectivity index (χ4n) is 1.89. The maximum atomic E-state index is 8.88. The molecule has 0 atom stereocenters. The smallest absolute Gasteiger partial charge is 0.0866 e. The summed E-state index contributed by atoms with van der Waals surface area (Å²) in [5.74, 6) is 0. The molecule has 2 nitrogen and oxygen atoms in total. The first-order valence-electron chi connectivity index (χ1n) is 6.05. The molecule has 0 saturated heterocycles. The molecule has 0 radical (unpaired) electrons. The van der Waals surface area contributed by atoms with E-state index in [2.05, 4.69) is 61.8 Å². The third-order valence-corrected chi connectivity index (χ3v) is 3.91. The minimum atomic E-state index is -1.15. The van der Waals surface area contributed by atoms with E-state index in [1.165, 1.54) is 11.1 Å². The molecule has 0 bridgehead atoms. The molecule has 0 spiro atoms. The molecule has 17 heavy (non-hydrogen) atoms. The van der Waals surface area contributed by atoms with Gasteiger partial charge in [0.2, 0.25) is 0 Å². The van der Waals surface area contributed by atoms with Crippen LogP contribution in [0.4, 0.5) is 0 Å². The van der Waals surface area contributed by atoms with Gasteiger partial charge in [-0.25, -0.2) is 0 Å². The summed E-state index contributed by atoms with van der Waals surface area (Å²) >= 11 is 0. The number of benzene rings is 1. The van der Waals surface area contributed by atoms with Gasteiger partial charge in [-0.1, -0.05) is 49.5 Å². The second-order valence-corrected chi connectivity index (χ2v) is 11.3. The Bertz CT molecular complexity index is 384. The maximum Gasteiger partial charge on any atom is 0.0866 e. The normalized spacial score (nSPS) is 11.5. The molecule has 1 rings (SSSR count). The Hall–Kier alpha value is -1.11. The Kier molecular flexibility index (Phi) is 4.92. The molecule has 0 heterocycles. The zero-order chi connectivity index (χ0) is 12.9. The van der Waals surface area contributed by atoms with Gasteiger partial charge in [-0.15, -0.1) is 0 Å². The lowest BCUT2D eigenvalue weighted by Crippen LogP contribution is -2.40. The number of hydrogen-bond acceptors (Lipinski definition) is 2. The van der Waals surface area contributed by atoms with E-state index < -0.39 is 8.07 Å². The molecule has 0 amide bonds. The van der Waals surface area contributed by atoms with Crippen LogP contribution in [0.25, 0.3) is 0 Å². The Morgan fingerprint density at radius 2 is 1.76 bits per heavy atom. The van der Waals surface area contributed by atoms with Gasteiger partial charge in [0, 0.05) is 6.54 Å². The average molecular weight is 246 g/mol. The monoisotopic (exact) mass is 246 g/mol. The topological polar surface area (TPSA) is 27.0 Å². The van der Waals surface area contributed by atoms with Gasteiger partial charge in [-0.3, -0.25) is 4.90 Å². The summed E-state index contributed by atoms with van der Waals surface area (Å²) in [5, 5.41) is 8.88. The molecule has 92 valence electrons. The minimum Gasteiger partial charge on any atom is -0.289 e. The van der Waals surface area contributed by atoms with Gasteiger partial charge in [0.05, 0.1) is 20.7 Å². The van der Waals surface area contributed by atoms with Crippen molar-refractivity contribution in [2.75, 3.05) is 12.7 Å². The molecule has 0 saturated carbocycles. The van der Waals surface area contributed by atoms with E-state index in [0.29, 0.717) is 6.54 Å². The number of hydrogen-bond donors (Lipinski definition) is 0. The van der Waals surface area contributed by atoms with E-state index >= 15 is 0 Å². The SMILES string of the molecule is Cc1ccc(CN(CC#N)C[Si](C)(C)C)cc1. The Morgan fingerprint density at radius 3 is 2.24 bits per heavy atom. The van der Waals surface area contributed by atoms with E-state index in [1.807, 2.05) is 0 Å². The van der Waals surface area contributed by atoms with E-state index in [4.69, 9.17) is 5.26 Å². The van der Waals surface area contributed by atoms with Crippen LogP contribution in [-0.4, -0.2) is 25.7 Å². The summed E-state index contributed by atoms with van der Waals surface area (Å²) in [5.41, 5.74) is 2.58. The van der Waals surface area contributed by atoms with Gasteiger partial charge in [-0.2, -0.15) is 5.26 Å². The molecule has 0 unspecified atom stereocenters. The molecule has 0 aromatic heterocycles. The lowest BCUT2D eigenvalue weighted by atomic mass is 10.1. The highest BCUT2D eigenvalue weighted by Crippen LogP contribution is 2.10. The quantitative estimate of drug-likeness (QED) is 0.589. The van der Waals surface area contributed by atoms with E-state index in [9.17, 15) is 0 Å². The highest BCUT2D eigenvalue weighted by Gasteiger charge is 2.18. The van der Waals surface area contributed by atoms with Crippen molar-refractivity contribution in [3.8, 4) is 6.07 Å². The second kappa shape index (κ2) is 5.99. The maximum absolute atomic E-state index is 8.88. The Morgan fingerprint density at radius 1 is 1.18 bits per heavy atom. The first-order valence-corrected chi connectivity index (χ1v) is 9.76. The van der Waals surface area contributed by atoms with Crippen LogP contribution < -0.4 is 0 Å². The van der Waals surface area contributed by atoms with Crippen molar-refractivity contribution in [2.45, 2.75) is 33.1 Å². The van der Waals surface area contributed by atoms with Crippen molar-refractivity contribution in [1.29, 1.82) is 5.26 Å². The van der Waals surface area contributed by atoms with Gasteiger partial charge in [0.1, 0.15) is 0 Å². The predicted molar refractivity (Wildman–Crippen MR) is 75.4 cm³/mol. The third kappa shape index (κ3) is 5.67. The molecule has 0 aliphatic rings. The zero-order valence-electron chi connectivity index (χ0n) is 11.3. The fraction of sp³-hybridized carbons (Fsp3) is 0.500. The number of rotatable bonds is 5. The van der Waals surface area contributed by atoms with E-state index in [-0.39, 0.29) is 0 Å². The summed E-state index contributed by atoms with van der Waals surface area (Å²) in [4.78, 5) is 2.26. The summed E-state index contributed by atoms with van der Waals surface area (Å²) in [6.07, 6.45) is 1.08. The summed E-state index contributed by atoms with van der Waals surface area (Å²) in [6.45, 7) is 10.5.